The molecule has 0 aromatic rings. The maximum Gasteiger partial charge on any atom is 0.460 e. The minimum Gasteiger partial charge on any atom is -0.396 e. The fraction of sp³-hybridized carbons (Fsp3) is 1.00. The van der Waals surface area contributed by atoms with Gasteiger partial charge in [-0.15, -0.1) is 0 Å². The highest BCUT2D eigenvalue weighted by Crippen LogP contribution is 2.55. The third-order valence-corrected chi connectivity index (χ3v) is 5.25. The van der Waals surface area contributed by atoms with Crippen LogP contribution in [0.4, 0.5) is 79.0 Å². The molecule has 0 saturated heterocycles. The number of alkyl halides is 18. The second kappa shape index (κ2) is 12.8. The fourth-order valence-corrected chi connectivity index (χ4v) is 2.17. The number of hydrogen-bond donors (Lipinski definition) is 4. The molecule has 0 radical (unpaired) electrons. The molecule has 8 nitrogen and oxygen atoms in total. The number of aliphatic hydroxyl groups is 2. The van der Waals surface area contributed by atoms with Crippen molar-refractivity contribution in [1.29, 1.82) is 0 Å². The summed E-state index contributed by atoms with van der Waals surface area (Å²) in [7, 11) is -14.3. The maximum absolute atomic E-state index is 12.2. The molecule has 0 heterocycles. The van der Waals surface area contributed by atoms with Crippen LogP contribution in [-0.2, 0) is 20.2 Å². The topological polar surface area (TPSA) is 149 Å². The van der Waals surface area contributed by atoms with Gasteiger partial charge >= 0.3 is 66.8 Å². The Kier molecular flexibility index (Phi) is 13.7. The summed E-state index contributed by atoms with van der Waals surface area (Å²) in [5.41, 5.74) is 0. The van der Waals surface area contributed by atoms with Crippen LogP contribution < -0.4 is 0 Å². The zero-order chi connectivity index (χ0) is 33.8. The lowest BCUT2D eigenvalue weighted by Crippen LogP contribution is -2.63. The highest BCUT2D eigenvalue weighted by Gasteiger charge is 2.86. The number of hydrogen-bond acceptors (Lipinski definition) is 6. The molecule has 0 aliphatic rings. The molecular formula is C12H12F18O8S2. The van der Waals surface area contributed by atoms with Crippen molar-refractivity contribution in [3.63, 3.8) is 0 Å². The van der Waals surface area contributed by atoms with Gasteiger partial charge in [0, 0.05) is 13.2 Å². The molecule has 0 rings (SSSR count). The molecule has 0 spiro atoms. The SMILES string of the molecule is O=S(=O)(O)C(F)(F)C(F)(F)C(F)(F)C(F)(F)F.O=S(=O)(O)C(F)(F)C(F)(F)C(F)(F)C(F)(F)F.OCCCCO. The molecule has 246 valence electrons. The molecule has 40 heavy (non-hydrogen) atoms. The van der Waals surface area contributed by atoms with Crippen molar-refractivity contribution in [2.45, 2.75) is 59.4 Å². The summed E-state index contributed by atoms with van der Waals surface area (Å²) < 4.78 is 268. The van der Waals surface area contributed by atoms with E-state index in [1.165, 1.54) is 0 Å². The van der Waals surface area contributed by atoms with Crippen molar-refractivity contribution in [2.75, 3.05) is 13.2 Å². The van der Waals surface area contributed by atoms with Crippen LogP contribution in [0.3, 0.4) is 0 Å². The van der Waals surface area contributed by atoms with Gasteiger partial charge in [0.1, 0.15) is 0 Å². The first-order valence-electron chi connectivity index (χ1n) is 8.47. The Hall–Kier alpha value is -1.52. The van der Waals surface area contributed by atoms with Crippen molar-refractivity contribution in [2.24, 2.45) is 0 Å². The fourth-order valence-electron chi connectivity index (χ4n) is 1.27. The van der Waals surface area contributed by atoms with Gasteiger partial charge in [0.05, 0.1) is 0 Å². The normalized spacial score (nSPS) is 15.1. The van der Waals surface area contributed by atoms with Crippen molar-refractivity contribution in [1.82, 2.24) is 0 Å². The first-order chi connectivity index (χ1) is 16.9. The summed E-state index contributed by atoms with van der Waals surface area (Å²) in [6.07, 6.45) is -12.8. The third-order valence-electron chi connectivity index (χ3n) is 3.45. The van der Waals surface area contributed by atoms with Gasteiger partial charge in [-0.2, -0.15) is 95.9 Å². The van der Waals surface area contributed by atoms with E-state index in [1.54, 1.807) is 0 Å². The molecule has 28 heteroatoms. The minimum absolute atomic E-state index is 0.195. The van der Waals surface area contributed by atoms with Crippen LogP contribution in [-0.4, -0.2) is 95.9 Å². The molecule has 0 aliphatic carbocycles. The molecule has 0 aromatic carbocycles. The van der Waals surface area contributed by atoms with E-state index in [-0.39, 0.29) is 13.2 Å². The van der Waals surface area contributed by atoms with E-state index in [4.69, 9.17) is 19.3 Å². The van der Waals surface area contributed by atoms with Crippen LogP contribution in [0.25, 0.3) is 0 Å². The van der Waals surface area contributed by atoms with E-state index in [0.717, 1.165) is 12.8 Å². The zero-order valence-corrected chi connectivity index (χ0v) is 19.5. The van der Waals surface area contributed by atoms with Crippen LogP contribution in [0.15, 0.2) is 0 Å². The van der Waals surface area contributed by atoms with E-state index < -0.39 is 66.8 Å². The molecule has 0 amide bonds. The lowest BCUT2D eigenvalue weighted by molar-refractivity contribution is -0.382. The summed E-state index contributed by atoms with van der Waals surface area (Å²) in [5, 5.41) is 2.17. The van der Waals surface area contributed by atoms with E-state index >= 15 is 0 Å². The van der Waals surface area contributed by atoms with Gasteiger partial charge in [0.2, 0.25) is 0 Å². The van der Waals surface area contributed by atoms with Gasteiger partial charge in [-0.25, -0.2) is 0 Å². The summed E-state index contributed by atoms with van der Waals surface area (Å²) >= 11 is 0. The largest absolute Gasteiger partial charge is 0.460 e. The van der Waals surface area contributed by atoms with Crippen molar-refractivity contribution in [3.05, 3.63) is 0 Å². The average Bonchev–Trinajstić information content (AvgIpc) is 2.69. The summed E-state index contributed by atoms with van der Waals surface area (Å²) in [6, 6.07) is 0. The number of aliphatic hydroxyl groups excluding tert-OH is 2. The molecule has 0 aliphatic heterocycles. The lowest BCUT2D eigenvalue weighted by atomic mass is 10.1. The van der Waals surface area contributed by atoms with Gasteiger partial charge in [0.25, 0.3) is 0 Å². The highest BCUT2D eigenvalue weighted by atomic mass is 32.2. The van der Waals surface area contributed by atoms with E-state index in [0.29, 0.717) is 0 Å². The smallest absolute Gasteiger partial charge is 0.396 e. The number of rotatable bonds is 9. The predicted molar refractivity (Wildman–Crippen MR) is 88.3 cm³/mol. The number of unbranched alkanes of at least 4 members (excludes halogenated alkanes) is 1. The molecule has 0 bridgehead atoms. The Morgan fingerprint density at radius 2 is 0.575 bits per heavy atom. The Balaban J connectivity index is -0.000000569. The van der Waals surface area contributed by atoms with E-state index in [1.807, 2.05) is 0 Å². The zero-order valence-electron chi connectivity index (χ0n) is 17.9. The second-order valence-corrected chi connectivity index (χ2v) is 9.36. The van der Waals surface area contributed by atoms with Crippen molar-refractivity contribution >= 4 is 20.2 Å². The quantitative estimate of drug-likeness (QED) is 0.159. The van der Waals surface area contributed by atoms with Crippen LogP contribution in [0.5, 0.6) is 0 Å². The monoisotopic (exact) mass is 690 g/mol. The Morgan fingerprint density at radius 1 is 0.400 bits per heavy atom. The van der Waals surface area contributed by atoms with Gasteiger partial charge in [-0.3, -0.25) is 9.11 Å². The Labute approximate surface area is 209 Å². The molecule has 0 aromatic heterocycles. The molecule has 0 saturated carbocycles. The lowest BCUT2D eigenvalue weighted by Gasteiger charge is -2.31. The van der Waals surface area contributed by atoms with E-state index in [2.05, 4.69) is 0 Å². The van der Waals surface area contributed by atoms with E-state index in [9.17, 15) is 95.9 Å². The first kappa shape index (κ1) is 42.9. The van der Waals surface area contributed by atoms with Crippen LogP contribution in [0.1, 0.15) is 12.8 Å². The molecular weight excluding hydrogens is 678 g/mol. The first-order valence-corrected chi connectivity index (χ1v) is 11.4. The average molecular weight is 690 g/mol. The van der Waals surface area contributed by atoms with Gasteiger partial charge in [-0.05, 0) is 12.8 Å². The predicted octanol–water partition coefficient (Wildman–Crippen LogP) is 4.35. The maximum atomic E-state index is 12.2. The summed E-state index contributed by atoms with van der Waals surface area (Å²) in [5.74, 6) is -29.4. The molecule has 0 unspecified atom stereocenters. The van der Waals surface area contributed by atoms with Gasteiger partial charge < -0.3 is 10.2 Å². The molecule has 0 atom stereocenters. The van der Waals surface area contributed by atoms with Crippen LogP contribution in [0, 0.1) is 0 Å². The standard InChI is InChI=1S/2C4HF9O3S.C4H10O2/c2*5-1(6,3(9,10)11)2(7,8)4(12,13)17(14,15)16;5-3-1-2-4-6/h2*(H,14,15,16);5-6H,1-4H2. The minimum atomic E-state index is -7.37. The highest BCUT2D eigenvalue weighted by molar-refractivity contribution is 7.87. The second-order valence-electron chi connectivity index (χ2n) is 6.43. The number of halogens is 18. The summed E-state index contributed by atoms with van der Waals surface area (Å²) in [4.78, 5) is 0. The van der Waals surface area contributed by atoms with Crippen molar-refractivity contribution in [3.8, 4) is 0 Å². The molecule has 4 N–H and O–H groups in total. The third kappa shape index (κ3) is 8.51. The Morgan fingerprint density at radius 3 is 0.675 bits per heavy atom. The van der Waals surface area contributed by atoms with Crippen LogP contribution in [0.2, 0.25) is 0 Å². The van der Waals surface area contributed by atoms with Gasteiger partial charge in [0.15, 0.2) is 0 Å². The summed E-state index contributed by atoms with van der Waals surface area (Å²) in [6.45, 7) is 0.390. The Bertz CT molecular complexity index is 934. The van der Waals surface area contributed by atoms with Crippen LogP contribution >= 0.6 is 0 Å². The van der Waals surface area contributed by atoms with Crippen molar-refractivity contribution < 1.29 is 115 Å². The van der Waals surface area contributed by atoms with Gasteiger partial charge in [-0.1, -0.05) is 0 Å². The molecule has 0 fully saturated rings.